The van der Waals surface area contributed by atoms with Gasteiger partial charge in [-0.1, -0.05) is 100 Å². The van der Waals surface area contributed by atoms with Crippen molar-refractivity contribution in [2.24, 2.45) is 17.8 Å². The van der Waals surface area contributed by atoms with Gasteiger partial charge in [-0.15, -0.1) is 0 Å². The lowest BCUT2D eigenvalue weighted by Crippen LogP contribution is -2.48. The van der Waals surface area contributed by atoms with Gasteiger partial charge in [0.15, 0.2) is 0 Å². The molecular formula is C27H43Si. The Bertz CT molecular complexity index is 566. The van der Waals surface area contributed by atoms with Crippen molar-refractivity contribution in [2.75, 3.05) is 0 Å². The van der Waals surface area contributed by atoms with Crippen molar-refractivity contribution in [1.82, 2.24) is 0 Å². The molecule has 0 spiro atoms. The Morgan fingerprint density at radius 3 is 1.79 bits per heavy atom. The Labute approximate surface area is 176 Å². The quantitative estimate of drug-likeness (QED) is 0.267. The molecule has 1 aromatic carbocycles. The Morgan fingerprint density at radius 2 is 1.25 bits per heavy atom. The summed E-state index contributed by atoms with van der Waals surface area (Å²) in [6.07, 6.45) is 20.7. The van der Waals surface area contributed by atoms with E-state index in [1.54, 1.807) is 30.0 Å². The number of hydrogen-bond acceptors (Lipinski definition) is 0. The van der Waals surface area contributed by atoms with E-state index in [-0.39, 0.29) is 8.80 Å². The van der Waals surface area contributed by atoms with Gasteiger partial charge in [0.25, 0.3) is 0 Å². The molecule has 0 amide bonds. The van der Waals surface area contributed by atoms with Crippen LogP contribution in [0.1, 0.15) is 102 Å². The first kappa shape index (κ1) is 20.7. The predicted octanol–water partition coefficient (Wildman–Crippen LogP) is 7.63. The van der Waals surface area contributed by atoms with Crippen LogP contribution >= 0.6 is 0 Å². The third kappa shape index (κ3) is 4.77. The van der Waals surface area contributed by atoms with Crippen LogP contribution in [-0.4, -0.2) is 8.80 Å². The van der Waals surface area contributed by atoms with E-state index in [4.69, 9.17) is 0 Å². The van der Waals surface area contributed by atoms with E-state index in [0.717, 1.165) is 17.8 Å². The minimum absolute atomic E-state index is 0.339. The zero-order chi connectivity index (χ0) is 19.4. The lowest BCUT2D eigenvalue weighted by Gasteiger charge is -2.57. The molecule has 4 fully saturated rings. The van der Waals surface area contributed by atoms with Gasteiger partial charge in [0.05, 0.1) is 8.80 Å². The molecule has 1 aromatic rings. The van der Waals surface area contributed by atoms with Crippen LogP contribution in [0.5, 0.6) is 0 Å². The van der Waals surface area contributed by atoms with E-state index in [0.29, 0.717) is 5.41 Å². The fourth-order valence-electron chi connectivity index (χ4n) is 7.24. The summed E-state index contributed by atoms with van der Waals surface area (Å²) in [7, 11) is -0.339. The predicted molar refractivity (Wildman–Crippen MR) is 125 cm³/mol. The van der Waals surface area contributed by atoms with Crippen LogP contribution in [-0.2, 0) is 5.41 Å². The normalized spacial score (nSPS) is 31.0. The van der Waals surface area contributed by atoms with E-state index in [9.17, 15) is 0 Å². The molecule has 0 N–H and O–H groups in total. The number of rotatable bonds is 11. The summed E-state index contributed by atoms with van der Waals surface area (Å²) >= 11 is 0. The summed E-state index contributed by atoms with van der Waals surface area (Å²) in [5.74, 6) is 3.16. The van der Waals surface area contributed by atoms with Gasteiger partial charge in [-0.3, -0.25) is 0 Å². The summed E-state index contributed by atoms with van der Waals surface area (Å²) in [6, 6.07) is 11.7. The maximum atomic E-state index is 2.56. The van der Waals surface area contributed by atoms with Crippen molar-refractivity contribution >= 4 is 14.0 Å². The number of benzene rings is 1. The maximum Gasteiger partial charge on any atom is 0.0824 e. The molecule has 28 heavy (non-hydrogen) atoms. The van der Waals surface area contributed by atoms with Crippen LogP contribution in [0.2, 0.25) is 12.6 Å². The Morgan fingerprint density at radius 1 is 0.750 bits per heavy atom. The monoisotopic (exact) mass is 395 g/mol. The maximum absolute atomic E-state index is 2.56. The molecule has 1 heteroatoms. The molecule has 4 bridgehead atoms. The average molecular weight is 396 g/mol. The van der Waals surface area contributed by atoms with Crippen molar-refractivity contribution in [3.8, 4) is 0 Å². The van der Waals surface area contributed by atoms with Crippen molar-refractivity contribution in [3.63, 3.8) is 0 Å². The molecule has 1 radical (unpaired) electrons. The Balaban J connectivity index is 1.23. The molecule has 0 unspecified atom stereocenters. The van der Waals surface area contributed by atoms with Crippen LogP contribution in [0.4, 0.5) is 0 Å². The lowest BCUT2D eigenvalue weighted by molar-refractivity contribution is -0.00517. The molecule has 155 valence electrons. The zero-order valence-electron chi connectivity index (χ0n) is 18.6. The number of hydrogen-bond donors (Lipinski definition) is 0. The first-order chi connectivity index (χ1) is 13.7. The highest BCUT2D eigenvalue weighted by Gasteiger charge is 2.51. The molecule has 4 saturated carbocycles. The van der Waals surface area contributed by atoms with Crippen molar-refractivity contribution in [1.29, 1.82) is 0 Å². The van der Waals surface area contributed by atoms with Crippen LogP contribution < -0.4 is 5.19 Å². The van der Waals surface area contributed by atoms with Gasteiger partial charge < -0.3 is 0 Å². The minimum Gasteiger partial charge on any atom is -0.0669 e. The highest BCUT2D eigenvalue weighted by atomic mass is 28.3. The third-order valence-electron chi connectivity index (χ3n) is 8.43. The van der Waals surface area contributed by atoms with Gasteiger partial charge in [-0.25, -0.2) is 0 Å². The molecule has 4 aliphatic rings. The second kappa shape index (κ2) is 9.50. The summed E-state index contributed by atoms with van der Waals surface area (Å²) in [6.45, 7) is 4.85. The third-order valence-corrected chi connectivity index (χ3v) is 10.9. The average Bonchev–Trinajstić information content (AvgIpc) is 2.69. The largest absolute Gasteiger partial charge is 0.0824 e. The standard InChI is InChI=1S/C27H43Si/c1-3-4-5-6-7-8-9-10-15-28(2)26-13-11-25(12-14-26)27-19-22-16-23(20-27)18-24(17-22)21-27/h11-14,22-24H,3-10,15-21H2,1-2H3. The van der Waals surface area contributed by atoms with Gasteiger partial charge in [0.1, 0.15) is 0 Å². The second-order valence-corrected chi connectivity index (χ2v) is 13.4. The van der Waals surface area contributed by atoms with E-state index in [1.807, 2.05) is 0 Å². The fourth-order valence-corrected chi connectivity index (χ4v) is 9.05. The molecule has 0 heterocycles. The van der Waals surface area contributed by atoms with Crippen LogP contribution in [0, 0.1) is 17.8 Å². The second-order valence-electron chi connectivity index (χ2n) is 10.8. The summed E-state index contributed by atoms with van der Waals surface area (Å²) < 4.78 is 0. The van der Waals surface area contributed by atoms with E-state index < -0.39 is 0 Å². The van der Waals surface area contributed by atoms with Crippen molar-refractivity contribution in [3.05, 3.63) is 29.8 Å². The van der Waals surface area contributed by atoms with Crippen LogP contribution in [0.15, 0.2) is 24.3 Å². The lowest BCUT2D eigenvalue weighted by atomic mass is 9.48. The minimum atomic E-state index is -0.339. The Hall–Kier alpha value is -0.563. The molecule has 4 aliphatic carbocycles. The molecule has 0 saturated heterocycles. The van der Waals surface area contributed by atoms with Gasteiger partial charge in [0.2, 0.25) is 0 Å². The van der Waals surface area contributed by atoms with Gasteiger partial charge in [-0.05, 0) is 67.3 Å². The number of unbranched alkanes of at least 4 members (excludes halogenated alkanes) is 7. The summed E-state index contributed by atoms with van der Waals surface area (Å²) in [5, 5.41) is 1.68. The summed E-state index contributed by atoms with van der Waals surface area (Å²) in [4.78, 5) is 0. The van der Waals surface area contributed by atoms with Gasteiger partial charge >= 0.3 is 0 Å². The smallest absolute Gasteiger partial charge is 0.0669 e. The fraction of sp³-hybridized carbons (Fsp3) is 0.778. The highest BCUT2D eigenvalue weighted by Crippen LogP contribution is 2.60. The molecule has 0 nitrogen and oxygen atoms in total. The van der Waals surface area contributed by atoms with Crippen molar-refractivity contribution < 1.29 is 0 Å². The van der Waals surface area contributed by atoms with Crippen molar-refractivity contribution in [2.45, 2.75) is 115 Å². The van der Waals surface area contributed by atoms with E-state index in [1.165, 1.54) is 76.7 Å². The van der Waals surface area contributed by atoms with Crippen LogP contribution in [0.3, 0.4) is 0 Å². The first-order valence-electron chi connectivity index (χ1n) is 12.6. The zero-order valence-corrected chi connectivity index (χ0v) is 19.6. The SMILES string of the molecule is CCCCCCCCCC[Si](C)c1ccc(C23CC4CC(CC(C4)C2)C3)cc1. The van der Waals surface area contributed by atoms with Crippen LogP contribution in [0.25, 0.3) is 0 Å². The highest BCUT2D eigenvalue weighted by molar-refractivity contribution is 6.71. The molecular weight excluding hydrogens is 352 g/mol. The molecule has 5 rings (SSSR count). The molecule has 0 aliphatic heterocycles. The molecule has 0 atom stereocenters. The Kier molecular flexibility index (Phi) is 7.02. The molecule has 0 aromatic heterocycles. The van der Waals surface area contributed by atoms with E-state index >= 15 is 0 Å². The first-order valence-corrected chi connectivity index (χ1v) is 14.8. The van der Waals surface area contributed by atoms with Gasteiger partial charge in [0, 0.05) is 0 Å². The van der Waals surface area contributed by atoms with Gasteiger partial charge in [-0.2, -0.15) is 0 Å². The summed E-state index contributed by atoms with van der Waals surface area (Å²) in [5.41, 5.74) is 2.28. The topological polar surface area (TPSA) is 0 Å². The van der Waals surface area contributed by atoms with E-state index in [2.05, 4.69) is 37.7 Å².